The molecule has 0 unspecified atom stereocenters. The Kier molecular flexibility index (Phi) is 6.96. The Hall–Kier alpha value is -4.11. The molecule has 1 saturated carbocycles. The highest BCUT2D eigenvalue weighted by atomic mass is 35.5. The van der Waals surface area contributed by atoms with Crippen LogP contribution in [0.5, 0.6) is 11.5 Å². The Labute approximate surface area is 218 Å². The summed E-state index contributed by atoms with van der Waals surface area (Å²) < 4.78 is 12.9. The summed E-state index contributed by atoms with van der Waals surface area (Å²) in [6.07, 6.45) is 5.13. The molecular formula is C27H25ClN4O5. The first-order chi connectivity index (χ1) is 18.0. The molecule has 2 aromatic carbocycles. The second-order valence-corrected chi connectivity index (χ2v) is 9.13. The number of benzene rings is 2. The van der Waals surface area contributed by atoms with Crippen molar-refractivity contribution in [3.8, 4) is 28.4 Å². The molecule has 1 aliphatic carbocycles. The van der Waals surface area contributed by atoms with Gasteiger partial charge in [-0.3, -0.25) is 9.78 Å². The monoisotopic (exact) mass is 520 g/mol. The predicted octanol–water partition coefficient (Wildman–Crippen LogP) is 5.14. The number of carbonyl (C=O) groups is 2. The highest BCUT2D eigenvalue weighted by Gasteiger charge is 2.27. The average Bonchev–Trinajstić information content (AvgIpc) is 3.61. The minimum atomic E-state index is -0.651. The van der Waals surface area contributed by atoms with Gasteiger partial charge in [-0.05, 0) is 55.3 Å². The summed E-state index contributed by atoms with van der Waals surface area (Å²) in [5.74, 6) is -0.222. The van der Waals surface area contributed by atoms with Gasteiger partial charge in [-0.1, -0.05) is 30.5 Å². The van der Waals surface area contributed by atoms with Crippen LogP contribution in [0.4, 0.5) is 0 Å². The van der Waals surface area contributed by atoms with Crippen LogP contribution in [0, 0.1) is 5.92 Å². The van der Waals surface area contributed by atoms with E-state index in [4.69, 9.17) is 25.9 Å². The number of fused-ring (bicyclic) bond motifs is 1. The van der Waals surface area contributed by atoms with Gasteiger partial charge in [0.25, 0.3) is 0 Å². The number of halogens is 1. The number of nitrogens with zero attached hydrogens (tertiary/aromatic N) is 3. The van der Waals surface area contributed by atoms with E-state index in [1.165, 1.54) is 0 Å². The number of carbonyl (C=O) groups excluding carboxylic acids is 2. The fourth-order valence-electron chi connectivity index (χ4n) is 4.64. The van der Waals surface area contributed by atoms with E-state index in [9.17, 15) is 9.59 Å². The normalized spacial score (nSPS) is 13.5. The van der Waals surface area contributed by atoms with E-state index in [1.807, 2.05) is 12.1 Å². The second-order valence-electron chi connectivity index (χ2n) is 8.69. The number of ether oxygens (including phenoxy) is 2. The molecule has 2 heterocycles. The molecule has 1 aliphatic rings. The standard InChI is InChI=1S/C27H25ClN4O5/c1-35-23-8-5-9-24(36-2)25(23)22-15-20(26(33)31-37-27(34)16-6-3-4-7-16)30-32(22)21-12-13-29-19-14-17(28)10-11-18(19)21/h5,8-16H,3-4,6-7H2,1-2H3,(H,31,33). The minimum absolute atomic E-state index is 0.0427. The van der Waals surface area contributed by atoms with Gasteiger partial charge in [0.2, 0.25) is 0 Å². The third kappa shape index (κ3) is 4.82. The van der Waals surface area contributed by atoms with Gasteiger partial charge in [0.05, 0.1) is 42.6 Å². The summed E-state index contributed by atoms with van der Waals surface area (Å²) >= 11 is 6.19. The van der Waals surface area contributed by atoms with Crippen LogP contribution in [0.15, 0.2) is 54.7 Å². The molecule has 1 N–H and O–H groups in total. The molecule has 0 radical (unpaired) electrons. The SMILES string of the molecule is COc1cccc(OC)c1-c1cc(C(=O)NOC(=O)C2CCCC2)nn1-c1ccnc2cc(Cl)ccc12. The highest BCUT2D eigenvalue weighted by molar-refractivity contribution is 6.31. The molecule has 4 aromatic rings. The lowest BCUT2D eigenvalue weighted by Gasteiger charge is -2.15. The maximum Gasteiger partial charge on any atom is 0.335 e. The van der Waals surface area contributed by atoms with E-state index in [0.717, 1.165) is 31.1 Å². The number of pyridine rings is 1. The first-order valence-electron chi connectivity index (χ1n) is 11.9. The smallest absolute Gasteiger partial charge is 0.335 e. The van der Waals surface area contributed by atoms with E-state index in [0.29, 0.717) is 39.0 Å². The Morgan fingerprint density at radius 1 is 1.03 bits per heavy atom. The van der Waals surface area contributed by atoms with Crippen LogP contribution >= 0.6 is 11.6 Å². The summed E-state index contributed by atoms with van der Waals surface area (Å²) in [7, 11) is 3.11. The molecule has 0 saturated heterocycles. The number of aromatic nitrogens is 3. The van der Waals surface area contributed by atoms with Gasteiger partial charge in [-0.25, -0.2) is 9.48 Å². The predicted molar refractivity (Wildman–Crippen MR) is 138 cm³/mol. The number of methoxy groups -OCH3 is 2. The molecule has 0 aliphatic heterocycles. The lowest BCUT2D eigenvalue weighted by atomic mass is 10.1. The van der Waals surface area contributed by atoms with Crippen LogP contribution in [0.25, 0.3) is 27.8 Å². The number of hydrogen-bond donors (Lipinski definition) is 1. The second kappa shape index (κ2) is 10.5. The fourth-order valence-corrected chi connectivity index (χ4v) is 4.81. The lowest BCUT2D eigenvalue weighted by Crippen LogP contribution is -2.30. The third-order valence-corrected chi connectivity index (χ3v) is 6.70. The van der Waals surface area contributed by atoms with Gasteiger partial charge in [-0.2, -0.15) is 10.6 Å². The molecule has 0 atom stereocenters. The molecule has 37 heavy (non-hydrogen) atoms. The van der Waals surface area contributed by atoms with Crippen LogP contribution in [-0.2, 0) is 9.63 Å². The Bertz CT molecular complexity index is 1460. The Morgan fingerprint density at radius 2 is 1.76 bits per heavy atom. The average molecular weight is 521 g/mol. The maximum absolute atomic E-state index is 13.1. The van der Waals surface area contributed by atoms with Crippen LogP contribution in [0.1, 0.15) is 36.2 Å². The summed E-state index contributed by atoms with van der Waals surface area (Å²) in [5.41, 5.74) is 4.76. The zero-order chi connectivity index (χ0) is 25.9. The molecule has 190 valence electrons. The van der Waals surface area contributed by atoms with Crippen LogP contribution < -0.4 is 15.0 Å². The molecule has 1 amide bonds. The first-order valence-corrected chi connectivity index (χ1v) is 12.2. The van der Waals surface area contributed by atoms with Gasteiger partial charge in [-0.15, -0.1) is 0 Å². The molecule has 10 heteroatoms. The van der Waals surface area contributed by atoms with E-state index < -0.39 is 11.9 Å². The van der Waals surface area contributed by atoms with Gasteiger partial charge >= 0.3 is 11.9 Å². The molecule has 2 aromatic heterocycles. The highest BCUT2D eigenvalue weighted by Crippen LogP contribution is 2.40. The largest absolute Gasteiger partial charge is 0.496 e. The van der Waals surface area contributed by atoms with Crippen molar-refractivity contribution < 1.29 is 23.9 Å². The van der Waals surface area contributed by atoms with Crippen molar-refractivity contribution in [3.05, 3.63) is 65.4 Å². The maximum atomic E-state index is 13.1. The molecule has 1 fully saturated rings. The van der Waals surface area contributed by atoms with Crippen LogP contribution in [0.2, 0.25) is 5.02 Å². The van der Waals surface area contributed by atoms with Crippen molar-refractivity contribution >= 4 is 34.4 Å². The van der Waals surface area contributed by atoms with Crippen molar-refractivity contribution in [2.75, 3.05) is 14.2 Å². The van der Waals surface area contributed by atoms with E-state index in [1.54, 1.807) is 61.5 Å². The van der Waals surface area contributed by atoms with Crippen molar-refractivity contribution in [1.29, 1.82) is 0 Å². The minimum Gasteiger partial charge on any atom is -0.496 e. The summed E-state index contributed by atoms with van der Waals surface area (Å²) in [6, 6.07) is 14.1. The zero-order valence-corrected chi connectivity index (χ0v) is 21.1. The summed E-state index contributed by atoms with van der Waals surface area (Å²) in [5, 5.41) is 5.91. The van der Waals surface area contributed by atoms with Crippen LogP contribution in [-0.4, -0.2) is 40.9 Å². The first kappa shape index (κ1) is 24.6. The van der Waals surface area contributed by atoms with Gasteiger partial charge in [0.15, 0.2) is 5.69 Å². The molecular weight excluding hydrogens is 496 g/mol. The van der Waals surface area contributed by atoms with Crippen LogP contribution in [0.3, 0.4) is 0 Å². The third-order valence-electron chi connectivity index (χ3n) is 6.47. The number of hydrogen-bond acceptors (Lipinski definition) is 7. The number of hydroxylamine groups is 1. The topological polar surface area (TPSA) is 105 Å². The zero-order valence-electron chi connectivity index (χ0n) is 20.4. The van der Waals surface area contributed by atoms with Crippen molar-refractivity contribution in [2.24, 2.45) is 5.92 Å². The molecule has 0 spiro atoms. The van der Waals surface area contributed by atoms with E-state index in [-0.39, 0.29) is 11.6 Å². The van der Waals surface area contributed by atoms with Gasteiger partial charge in [0, 0.05) is 16.6 Å². The van der Waals surface area contributed by atoms with E-state index >= 15 is 0 Å². The molecule has 5 rings (SSSR count). The Balaban J connectivity index is 1.61. The van der Waals surface area contributed by atoms with Gasteiger partial charge in [0.1, 0.15) is 11.5 Å². The summed E-state index contributed by atoms with van der Waals surface area (Å²) in [4.78, 5) is 34.9. The van der Waals surface area contributed by atoms with Gasteiger partial charge < -0.3 is 14.3 Å². The van der Waals surface area contributed by atoms with Crippen molar-refractivity contribution in [3.63, 3.8) is 0 Å². The van der Waals surface area contributed by atoms with E-state index in [2.05, 4.69) is 15.6 Å². The number of amides is 1. The van der Waals surface area contributed by atoms with Crippen molar-refractivity contribution in [2.45, 2.75) is 25.7 Å². The number of nitrogens with one attached hydrogen (secondary N) is 1. The molecule has 9 nitrogen and oxygen atoms in total. The fraction of sp³-hybridized carbons (Fsp3) is 0.259. The number of rotatable bonds is 6. The lowest BCUT2D eigenvalue weighted by molar-refractivity contribution is -0.153. The Morgan fingerprint density at radius 3 is 2.46 bits per heavy atom. The quantitative estimate of drug-likeness (QED) is 0.351. The van der Waals surface area contributed by atoms with Crippen molar-refractivity contribution in [1.82, 2.24) is 20.2 Å². The molecule has 0 bridgehead atoms. The summed E-state index contributed by atoms with van der Waals surface area (Å²) in [6.45, 7) is 0.